The third-order valence-corrected chi connectivity index (χ3v) is 9.68. The van der Waals surface area contributed by atoms with Crippen LogP contribution < -0.4 is 0 Å². The van der Waals surface area contributed by atoms with Crippen LogP contribution in [0.15, 0.2) is 156 Å². The van der Waals surface area contributed by atoms with Crippen LogP contribution in [0, 0.1) is 0 Å². The van der Waals surface area contributed by atoms with Gasteiger partial charge in [-0.3, -0.25) is 0 Å². The van der Waals surface area contributed by atoms with E-state index in [-0.39, 0.29) is 0 Å². The highest BCUT2D eigenvalue weighted by atomic mass is 16.3. The molecule has 6 aromatic carbocycles. The molecule has 0 amide bonds. The Balaban J connectivity index is 1.38. The minimum absolute atomic E-state index is 0.544. The van der Waals surface area contributed by atoms with Gasteiger partial charge in [0, 0.05) is 21.9 Å². The molecule has 0 bridgehead atoms. The quantitative estimate of drug-likeness (QED) is 0.211. The Bertz CT molecular complexity index is 2400. The van der Waals surface area contributed by atoms with Gasteiger partial charge in [0.15, 0.2) is 0 Å². The van der Waals surface area contributed by atoms with Gasteiger partial charge in [0.05, 0.1) is 11.2 Å². The van der Waals surface area contributed by atoms with Crippen LogP contribution >= 0.6 is 0 Å². The summed E-state index contributed by atoms with van der Waals surface area (Å²) in [6.07, 6.45) is 0. The van der Waals surface area contributed by atoms with Gasteiger partial charge in [-0.25, -0.2) is 4.98 Å². The van der Waals surface area contributed by atoms with Crippen LogP contribution in [0.2, 0.25) is 0 Å². The number of nitrogens with zero attached hydrogens (tertiary/aromatic N) is 1. The number of furan rings is 1. The van der Waals surface area contributed by atoms with Gasteiger partial charge in [-0.15, -0.1) is 0 Å². The Kier molecular flexibility index (Phi) is 4.68. The predicted molar refractivity (Wildman–Crippen MR) is 179 cm³/mol. The van der Waals surface area contributed by atoms with E-state index in [2.05, 4.69) is 152 Å². The fourth-order valence-electron chi connectivity index (χ4n) is 7.96. The fraction of sp³-hybridized carbons (Fsp3) is 0.0238. The molecule has 0 fully saturated rings. The van der Waals surface area contributed by atoms with Crippen molar-refractivity contribution in [3.63, 3.8) is 0 Å². The lowest BCUT2D eigenvalue weighted by Crippen LogP contribution is -2.25. The molecule has 44 heavy (non-hydrogen) atoms. The van der Waals surface area contributed by atoms with Crippen molar-refractivity contribution >= 4 is 21.9 Å². The monoisotopic (exact) mass is 559 g/mol. The molecule has 2 heteroatoms. The van der Waals surface area contributed by atoms with Crippen molar-refractivity contribution in [3.8, 4) is 44.6 Å². The summed E-state index contributed by atoms with van der Waals surface area (Å²) in [5.74, 6) is 1.01. The van der Waals surface area contributed by atoms with E-state index in [1.54, 1.807) is 0 Å². The molecule has 0 unspecified atom stereocenters. The molecule has 8 aromatic rings. The molecule has 2 aliphatic rings. The minimum atomic E-state index is -0.544. The first-order valence-electron chi connectivity index (χ1n) is 15.1. The standard InChI is InChI=1S/C42H25NO/c1-2-13-26(14-3-1)37-25-32(29-17-6-10-23-36(29)43-37)30-19-12-22-35-39(30)40-31-18-7-11-24-38(31)44-41(40)42(35)33-20-8-4-15-27(33)28-16-5-9-21-34(28)42/h1-25H. The van der Waals surface area contributed by atoms with Gasteiger partial charge in [-0.2, -0.15) is 0 Å². The highest BCUT2D eigenvalue weighted by Crippen LogP contribution is 2.65. The molecule has 2 heterocycles. The van der Waals surface area contributed by atoms with Crippen LogP contribution in [0.3, 0.4) is 0 Å². The van der Waals surface area contributed by atoms with Crippen molar-refractivity contribution in [2.75, 3.05) is 0 Å². The zero-order valence-electron chi connectivity index (χ0n) is 23.8. The molecule has 0 N–H and O–H groups in total. The van der Waals surface area contributed by atoms with Crippen LogP contribution in [0.25, 0.3) is 66.5 Å². The zero-order chi connectivity index (χ0) is 28.8. The SMILES string of the molecule is c1ccc(-c2cc(-c3cccc4c3-c3c(oc5ccccc35)C43c4ccccc4-c4ccccc43)c3ccccc3n2)cc1. The molecule has 1 spiro atoms. The molecule has 0 aliphatic heterocycles. The third kappa shape index (κ3) is 2.92. The first-order chi connectivity index (χ1) is 21.8. The van der Waals surface area contributed by atoms with E-state index in [1.807, 2.05) is 0 Å². The smallest absolute Gasteiger partial charge is 0.135 e. The second kappa shape index (κ2) is 8.65. The van der Waals surface area contributed by atoms with E-state index >= 15 is 0 Å². The average molecular weight is 560 g/mol. The maximum absolute atomic E-state index is 7.00. The van der Waals surface area contributed by atoms with Gasteiger partial charge in [-0.1, -0.05) is 133 Å². The first-order valence-corrected chi connectivity index (χ1v) is 15.1. The molecule has 0 atom stereocenters. The number of hydrogen-bond donors (Lipinski definition) is 0. The van der Waals surface area contributed by atoms with E-state index in [1.165, 1.54) is 50.1 Å². The lowest BCUT2D eigenvalue weighted by molar-refractivity contribution is 0.507. The number of aromatic nitrogens is 1. The van der Waals surface area contributed by atoms with Gasteiger partial charge in [0.25, 0.3) is 0 Å². The van der Waals surface area contributed by atoms with Crippen molar-refractivity contribution in [2.24, 2.45) is 0 Å². The molecule has 0 saturated heterocycles. The number of hydrogen-bond acceptors (Lipinski definition) is 2. The number of fused-ring (bicyclic) bond motifs is 13. The van der Waals surface area contributed by atoms with Gasteiger partial charge in [0.1, 0.15) is 16.8 Å². The normalized spacial score (nSPS) is 13.6. The second-order valence-corrected chi connectivity index (χ2v) is 11.8. The minimum Gasteiger partial charge on any atom is -0.459 e. The van der Waals surface area contributed by atoms with Gasteiger partial charge in [0.2, 0.25) is 0 Å². The summed E-state index contributed by atoms with van der Waals surface area (Å²) in [5, 5.41) is 2.29. The van der Waals surface area contributed by atoms with Gasteiger partial charge in [-0.05, 0) is 62.7 Å². The highest BCUT2D eigenvalue weighted by molar-refractivity contribution is 6.11. The largest absolute Gasteiger partial charge is 0.459 e. The average Bonchev–Trinajstić information content (AvgIpc) is 3.72. The summed E-state index contributed by atoms with van der Waals surface area (Å²) in [7, 11) is 0. The molecule has 2 aromatic heterocycles. The molecular formula is C42H25NO. The topological polar surface area (TPSA) is 26.0 Å². The molecule has 0 radical (unpaired) electrons. The number of benzene rings is 6. The summed E-state index contributed by atoms with van der Waals surface area (Å²) >= 11 is 0. The van der Waals surface area contributed by atoms with Gasteiger partial charge < -0.3 is 4.42 Å². The maximum atomic E-state index is 7.00. The van der Waals surface area contributed by atoms with E-state index in [4.69, 9.17) is 9.40 Å². The molecule has 0 saturated carbocycles. The van der Waals surface area contributed by atoms with Crippen LogP contribution in [0.5, 0.6) is 0 Å². The fourth-order valence-corrected chi connectivity index (χ4v) is 7.96. The van der Waals surface area contributed by atoms with Crippen molar-refractivity contribution in [2.45, 2.75) is 5.41 Å². The van der Waals surface area contributed by atoms with Crippen LogP contribution in [-0.2, 0) is 5.41 Å². The number of para-hydroxylation sites is 2. The molecule has 2 nitrogen and oxygen atoms in total. The predicted octanol–water partition coefficient (Wildman–Crippen LogP) is 10.7. The van der Waals surface area contributed by atoms with E-state index < -0.39 is 5.41 Å². The Morgan fingerprint density at radius 3 is 1.86 bits per heavy atom. The van der Waals surface area contributed by atoms with Crippen LogP contribution in [0.4, 0.5) is 0 Å². The van der Waals surface area contributed by atoms with Crippen molar-refractivity contribution < 1.29 is 4.42 Å². The van der Waals surface area contributed by atoms with Gasteiger partial charge >= 0.3 is 0 Å². The summed E-state index contributed by atoms with van der Waals surface area (Å²) in [6.45, 7) is 0. The Hall–Kier alpha value is -5.73. The van der Waals surface area contributed by atoms with Crippen molar-refractivity contribution in [1.29, 1.82) is 0 Å². The van der Waals surface area contributed by atoms with Crippen molar-refractivity contribution in [3.05, 3.63) is 174 Å². The highest BCUT2D eigenvalue weighted by Gasteiger charge is 2.55. The third-order valence-electron chi connectivity index (χ3n) is 9.68. The molecule has 10 rings (SSSR count). The lowest BCUT2D eigenvalue weighted by atomic mass is 9.73. The zero-order valence-corrected chi connectivity index (χ0v) is 23.8. The summed E-state index contributed by atoms with van der Waals surface area (Å²) in [6, 6.07) is 54.3. The first kappa shape index (κ1) is 23.8. The van der Waals surface area contributed by atoms with E-state index in [0.29, 0.717) is 0 Å². The Morgan fingerprint density at radius 1 is 0.455 bits per heavy atom. The molecule has 204 valence electrons. The van der Waals surface area contributed by atoms with E-state index in [9.17, 15) is 0 Å². The summed E-state index contributed by atoms with van der Waals surface area (Å²) in [5.41, 5.74) is 14.6. The molecular weight excluding hydrogens is 534 g/mol. The maximum Gasteiger partial charge on any atom is 0.135 e. The Morgan fingerprint density at radius 2 is 1.07 bits per heavy atom. The number of rotatable bonds is 2. The Labute approximate surface area is 254 Å². The van der Waals surface area contributed by atoms with E-state index in [0.717, 1.165) is 38.9 Å². The number of pyridine rings is 1. The van der Waals surface area contributed by atoms with Crippen LogP contribution in [0.1, 0.15) is 22.5 Å². The summed E-state index contributed by atoms with van der Waals surface area (Å²) < 4.78 is 7.00. The van der Waals surface area contributed by atoms with Crippen LogP contribution in [-0.4, -0.2) is 4.98 Å². The summed E-state index contributed by atoms with van der Waals surface area (Å²) in [4.78, 5) is 5.12. The van der Waals surface area contributed by atoms with Crippen molar-refractivity contribution in [1.82, 2.24) is 4.98 Å². The lowest BCUT2D eigenvalue weighted by Gasteiger charge is -2.28. The molecule has 2 aliphatic carbocycles. The second-order valence-electron chi connectivity index (χ2n) is 11.8.